The van der Waals surface area contributed by atoms with Crippen molar-refractivity contribution in [3.8, 4) is 0 Å². The standard InChI is InChI=1S/C54H76N2O9/c1-26-45-40(63-52(26)14-12-46(3,4)65-52)19-32-30-11-10-28-16-35-37(23-48(28,6)31(30)20-41(58)50(32,45)8)56-36-17-29-18-39(57)44-33(49(29,7)24-38(36)55-35)21-42(59)51(9)34(44)22-43-54(51,61)27(2)53(64-43)15-13-47(5,60)25-62-53/h19,22,26-31,33,39-45,57-61H,10-18,20-21,23-25H2,1-9H3/t26-,27+,28-,29+,30+,31-,33-,39-,40-,41+,42+,43-,44+,45-,47+,48-,49-,50+,51+,52-,53+,54+/m0/s1. The number of hydrogen-bond acceptors (Lipinski definition) is 11. The molecule has 22 atom stereocenters. The van der Waals surface area contributed by atoms with Gasteiger partial charge in [-0.15, -0.1) is 0 Å². The van der Waals surface area contributed by atoms with Crippen LogP contribution >= 0.6 is 0 Å². The number of aliphatic hydroxyl groups is 5. The highest BCUT2D eigenvalue weighted by atomic mass is 16.7. The van der Waals surface area contributed by atoms with Gasteiger partial charge in [-0.1, -0.05) is 64.8 Å². The largest absolute Gasteiger partial charge is 0.392 e. The molecule has 5 heterocycles. The molecule has 356 valence electrons. The summed E-state index contributed by atoms with van der Waals surface area (Å²) in [5.74, 6) is -0.453. The zero-order chi connectivity index (χ0) is 45.6. The van der Waals surface area contributed by atoms with E-state index in [1.165, 1.54) is 5.57 Å². The van der Waals surface area contributed by atoms with Crippen LogP contribution in [0.3, 0.4) is 0 Å². The summed E-state index contributed by atoms with van der Waals surface area (Å²) in [6.07, 6.45) is 12.2. The Morgan fingerprint density at radius 2 is 1.34 bits per heavy atom. The van der Waals surface area contributed by atoms with Crippen molar-refractivity contribution in [2.45, 2.75) is 205 Å². The van der Waals surface area contributed by atoms with E-state index >= 15 is 0 Å². The van der Waals surface area contributed by atoms with Gasteiger partial charge in [0.25, 0.3) is 0 Å². The summed E-state index contributed by atoms with van der Waals surface area (Å²) in [4.78, 5) is 11.2. The number of rotatable bonds is 0. The maximum Gasteiger partial charge on any atom is 0.174 e. The first-order valence-corrected chi connectivity index (χ1v) is 25.9. The molecule has 8 fully saturated rings. The second-order valence-corrected chi connectivity index (χ2v) is 26.4. The maximum absolute atomic E-state index is 12.9. The molecule has 11 nitrogen and oxygen atoms in total. The predicted molar refractivity (Wildman–Crippen MR) is 240 cm³/mol. The zero-order valence-corrected chi connectivity index (χ0v) is 40.4. The van der Waals surface area contributed by atoms with Crippen LogP contribution in [-0.2, 0) is 44.6 Å². The molecular weight excluding hydrogens is 821 g/mol. The van der Waals surface area contributed by atoms with Crippen molar-refractivity contribution in [1.82, 2.24) is 9.97 Å². The Morgan fingerprint density at radius 1 is 0.677 bits per heavy atom. The molecule has 4 aliphatic heterocycles. The maximum atomic E-state index is 12.9. The second-order valence-electron chi connectivity index (χ2n) is 26.4. The molecule has 1 aromatic rings. The van der Waals surface area contributed by atoms with Gasteiger partial charge in [-0.2, -0.15) is 0 Å². The van der Waals surface area contributed by atoms with Crippen LogP contribution in [0.4, 0.5) is 0 Å². The lowest BCUT2D eigenvalue weighted by atomic mass is 9.44. The minimum atomic E-state index is -1.42. The van der Waals surface area contributed by atoms with E-state index in [0.717, 1.165) is 86.1 Å². The van der Waals surface area contributed by atoms with E-state index in [4.69, 9.17) is 28.9 Å². The van der Waals surface area contributed by atoms with Gasteiger partial charge in [0.2, 0.25) is 0 Å². The Balaban J connectivity index is 0.776. The van der Waals surface area contributed by atoms with Crippen LogP contribution in [0.2, 0.25) is 0 Å². The fourth-order valence-electron chi connectivity index (χ4n) is 19.1. The molecule has 0 amide bonds. The first-order chi connectivity index (χ1) is 30.4. The SMILES string of the molecule is C[C@@H]1[C@@]2(CC[C@@](C)(O)CO2)O[C@H]2C=C3[C@@H]4[C@@H](O)C[C@H]5Cc6nc7c(nc6C[C@]5(C)[C@H]4C[C@@H](O)[C@]3(C)[C@]21O)C[C@@H]1CC[C@H]2C3=C[C@@H]4O[C@]5(CCC(C)(C)O5)[C@@H](C)[C@@H]4[C@@]3(C)[C@H](O)C[C@@H]2[C@@]1(C)C7. The summed E-state index contributed by atoms with van der Waals surface area (Å²) in [5.41, 5.74) is 2.70. The molecule has 0 radical (unpaired) electrons. The second kappa shape index (κ2) is 12.9. The van der Waals surface area contributed by atoms with Gasteiger partial charge in [0, 0.05) is 47.3 Å². The zero-order valence-electron chi connectivity index (χ0n) is 40.4. The number of nitrogens with zero attached hydrogens (tertiary/aromatic N) is 2. The molecule has 11 heteroatoms. The van der Waals surface area contributed by atoms with Crippen LogP contribution in [0.1, 0.15) is 143 Å². The first kappa shape index (κ1) is 43.2. The third kappa shape index (κ3) is 5.15. The Labute approximate surface area is 385 Å². The smallest absolute Gasteiger partial charge is 0.174 e. The van der Waals surface area contributed by atoms with Gasteiger partial charge >= 0.3 is 0 Å². The van der Waals surface area contributed by atoms with Gasteiger partial charge in [-0.05, 0) is 132 Å². The van der Waals surface area contributed by atoms with Crippen molar-refractivity contribution < 1.29 is 44.5 Å². The molecule has 12 aliphatic rings. The summed E-state index contributed by atoms with van der Waals surface area (Å²) in [7, 11) is 0. The summed E-state index contributed by atoms with van der Waals surface area (Å²) in [5, 5.41) is 60.8. The molecule has 5 N–H and O–H groups in total. The van der Waals surface area contributed by atoms with Gasteiger partial charge in [0.1, 0.15) is 11.7 Å². The summed E-state index contributed by atoms with van der Waals surface area (Å²) in [6.45, 7) is 19.8. The fourth-order valence-corrected chi connectivity index (χ4v) is 19.1. The average molecular weight is 897 g/mol. The third-order valence-corrected chi connectivity index (χ3v) is 23.1. The molecule has 2 spiro atoms. The van der Waals surface area contributed by atoms with E-state index in [0.29, 0.717) is 43.4 Å². The fraction of sp³-hybridized carbons (Fsp3) is 0.852. The van der Waals surface area contributed by atoms with Crippen LogP contribution in [-0.4, -0.2) is 101 Å². The Kier molecular flexibility index (Phi) is 8.60. The summed E-state index contributed by atoms with van der Waals surface area (Å²) < 4.78 is 26.7. The highest BCUT2D eigenvalue weighted by Gasteiger charge is 2.77. The molecule has 0 aromatic carbocycles. The van der Waals surface area contributed by atoms with E-state index in [2.05, 4.69) is 47.6 Å². The molecule has 0 unspecified atom stereocenters. The van der Waals surface area contributed by atoms with Crippen LogP contribution in [0.5, 0.6) is 0 Å². The van der Waals surface area contributed by atoms with Crippen molar-refractivity contribution in [2.75, 3.05) is 6.61 Å². The normalized spacial score (nSPS) is 58.6. The van der Waals surface area contributed by atoms with Crippen molar-refractivity contribution in [2.24, 2.45) is 74.9 Å². The average Bonchev–Trinajstić information content (AvgIpc) is 3.94. The van der Waals surface area contributed by atoms with Crippen molar-refractivity contribution in [3.63, 3.8) is 0 Å². The van der Waals surface area contributed by atoms with Crippen LogP contribution in [0, 0.1) is 74.9 Å². The third-order valence-electron chi connectivity index (χ3n) is 23.1. The van der Waals surface area contributed by atoms with Crippen molar-refractivity contribution in [1.29, 1.82) is 0 Å². The van der Waals surface area contributed by atoms with Crippen LogP contribution in [0.25, 0.3) is 0 Å². The van der Waals surface area contributed by atoms with Crippen molar-refractivity contribution >= 4 is 0 Å². The van der Waals surface area contributed by atoms with E-state index in [-0.39, 0.29) is 64.1 Å². The lowest BCUT2D eigenvalue weighted by Gasteiger charge is -2.62. The minimum absolute atomic E-state index is 0.00491. The van der Waals surface area contributed by atoms with Gasteiger partial charge in [-0.3, -0.25) is 9.97 Å². The first-order valence-electron chi connectivity index (χ1n) is 25.9. The Bertz CT molecular complexity index is 2300. The molecule has 0 bridgehead atoms. The van der Waals surface area contributed by atoms with E-state index in [1.807, 2.05) is 19.9 Å². The van der Waals surface area contributed by atoms with E-state index < -0.39 is 58.5 Å². The summed E-state index contributed by atoms with van der Waals surface area (Å²) in [6, 6.07) is 0. The van der Waals surface area contributed by atoms with E-state index in [9.17, 15) is 25.5 Å². The molecular formula is C54H76N2O9. The van der Waals surface area contributed by atoms with Gasteiger partial charge < -0.3 is 44.5 Å². The van der Waals surface area contributed by atoms with Crippen LogP contribution < -0.4 is 0 Å². The molecule has 4 saturated heterocycles. The lowest BCUT2D eigenvalue weighted by Crippen LogP contribution is -2.66. The molecule has 8 aliphatic carbocycles. The Hall–Kier alpha value is -1.80. The predicted octanol–water partition coefficient (Wildman–Crippen LogP) is 6.32. The summed E-state index contributed by atoms with van der Waals surface area (Å²) >= 11 is 0. The minimum Gasteiger partial charge on any atom is -0.392 e. The Morgan fingerprint density at radius 3 is 2.00 bits per heavy atom. The molecule has 4 saturated carbocycles. The van der Waals surface area contributed by atoms with Crippen LogP contribution in [0.15, 0.2) is 23.3 Å². The highest BCUT2D eigenvalue weighted by Crippen LogP contribution is 2.72. The van der Waals surface area contributed by atoms with Crippen molar-refractivity contribution in [3.05, 3.63) is 46.1 Å². The van der Waals surface area contributed by atoms with Gasteiger partial charge in [0.05, 0.1) is 65.0 Å². The molecule has 13 rings (SSSR count). The topological polar surface area (TPSA) is 164 Å². The van der Waals surface area contributed by atoms with Gasteiger partial charge in [0.15, 0.2) is 11.6 Å². The quantitative estimate of drug-likeness (QED) is 0.185. The number of hydrogen-bond donors (Lipinski definition) is 5. The number of aromatic nitrogens is 2. The number of aliphatic hydroxyl groups excluding tert-OH is 3. The lowest BCUT2D eigenvalue weighted by molar-refractivity contribution is -0.289. The number of ether oxygens (including phenoxy) is 4. The monoisotopic (exact) mass is 897 g/mol. The number of fused-ring (bicyclic) bond motifs is 16. The molecule has 65 heavy (non-hydrogen) atoms. The highest BCUT2D eigenvalue weighted by molar-refractivity contribution is 5.44. The van der Waals surface area contributed by atoms with E-state index in [1.54, 1.807) is 6.92 Å². The molecule has 1 aromatic heterocycles. The van der Waals surface area contributed by atoms with Gasteiger partial charge in [-0.25, -0.2) is 0 Å².